The second kappa shape index (κ2) is 6.60. The average molecular weight is 337 g/mol. The zero-order valence-corrected chi connectivity index (χ0v) is 13.3. The monoisotopic (exact) mass is 337 g/mol. The van der Waals surface area contributed by atoms with Gasteiger partial charge in [0.2, 0.25) is 5.91 Å². The molecular formula is C17H15N5O3. The second-order valence-corrected chi connectivity index (χ2v) is 5.43. The van der Waals surface area contributed by atoms with Crippen LogP contribution in [0.1, 0.15) is 0 Å². The van der Waals surface area contributed by atoms with Gasteiger partial charge in [-0.2, -0.15) is 0 Å². The molecule has 0 unspecified atom stereocenters. The third-order valence-electron chi connectivity index (χ3n) is 3.68. The summed E-state index contributed by atoms with van der Waals surface area (Å²) in [5, 5.41) is 14.4. The standard InChI is InChI=1S/C17H15N5O3/c23-16(18-13-6-7-14-15(10-13)25-9-8-24-14)11-22-17(19-20-21-22)12-4-2-1-3-5-12/h1-7,10H,8-9,11H2,(H,18,23). The average Bonchev–Trinajstić information content (AvgIpc) is 3.10. The van der Waals surface area contributed by atoms with E-state index in [0.717, 1.165) is 5.56 Å². The summed E-state index contributed by atoms with van der Waals surface area (Å²) in [5.41, 5.74) is 1.48. The van der Waals surface area contributed by atoms with Crippen LogP contribution in [0.2, 0.25) is 0 Å². The summed E-state index contributed by atoms with van der Waals surface area (Å²) < 4.78 is 12.4. The van der Waals surface area contributed by atoms with Gasteiger partial charge in [0.05, 0.1) is 0 Å². The van der Waals surface area contributed by atoms with Crippen LogP contribution >= 0.6 is 0 Å². The number of amides is 1. The van der Waals surface area contributed by atoms with Gasteiger partial charge in [0.15, 0.2) is 17.3 Å². The van der Waals surface area contributed by atoms with Gasteiger partial charge in [-0.3, -0.25) is 4.79 Å². The van der Waals surface area contributed by atoms with Crippen molar-refractivity contribution in [2.45, 2.75) is 6.54 Å². The number of rotatable bonds is 4. The van der Waals surface area contributed by atoms with Crippen molar-refractivity contribution < 1.29 is 14.3 Å². The third kappa shape index (κ3) is 3.27. The number of hydrogen-bond donors (Lipinski definition) is 1. The van der Waals surface area contributed by atoms with Crippen molar-refractivity contribution in [2.24, 2.45) is 0 Å². The molecular weight excluding hydrogens is 322 g/mol. The molecule has 0 saturated heterocycles. The number of tetrazole rings is 1. The van der Waals surface area contributed by atoms with Crippen LogP contribution < -0.4 is 14.8 Å². The molecule has 4 rings (SSSR count). The van der Waals surface area contributed by atoms with Gasteiger partial charge in [0.25, 0.3) is 0 Å². The fourth-order valence-corrected chi connectivity index (χ4v) is 2.56. The molecule has 0 bridgehead atoms. The van der Waals surface area contributed by atoms with Crippen molar-refractivity contribution in [3.63, 3.8) is 0 Å². The van der Waals surface area contributed by atoms with E-state index in [-0.39, 0.29) is 12.5 Å². The predicted octanol–water partition coefficient (Wildman–Crippen LogP) is 1.75. The number of nitrogens with zero attached hydrogens (tertiary/aromatic N) is 4. The minimum atomic E-state index is -0.235. The number of hydrogen-bond acceptors (Lipinski definition) is 6. The van der Waals surface area contributed by atoms with E-state index >= 15 is 0 Å². The first-order valence-corrected chi connectivity index (χ1v) is 7.81. The molecule has 1 aliphatic heterocycles. The normalized spacial score (nSPS) is 12.6. The van der Waals surface area contributed by atoms with Crippen molar-refractivity contribution in [1.29, 1.82) is 0 Å². The molecule has 0 spiro atoms. The molecule has 0 atom stereocenters. The molecule has 0 aliphatic carbocycles. The Balaban J connectivity index is 1.48. The van der Waals surface area contributed by atoms with Gasteiger partial charge in [-0.1, -0.05) is 30.3 Å². The van der Waals surface area contributed by atoms with Gasteiger partial charge in [0.1, 0.15) is 19.8 Å². The highest BCUT2D eigenvalue weighted by Gasteiger charge is 2.15. The van der Waals surface area contributed by atoms with Crippen LogP contribution in [0.25, 0.3) is 11.4 Å². The van der Waals surface area contributed by atoms with E-state index in [2.05, 4.69) is 20.8 Å². The third-order valence-corrected chi connectivity index (χ3v) is 3.68. The van der Waals surface area contributed by atoms with Gasteiger partial charge in [-0.15, -0.1) is 5.10 Å². The number of carbonyl (C=O) groups excluding carboxylic acids is 1. The molecule has 1 amide bonds. The maximum absolute atomic E-state index is 12.3. The fourth-order valence-electron chi connectivity index (χ4n) is 2.56. The second-order valence-electron chi connectivity index (χ2n) is 5.43. The van der Waals surface area contributed by atoms with Gasteiger partial charge < -0.3 is 14.8 Å². The first-order valence-electron chi connectivity index (χ1n) is 7.81. The molecule has 8 nitrogen and oxygen atoms in total. The molecule has 3 aromatic rings. The molecule has 0 radical (unpaired) electrons. The zero-order chi connectivity index (χ0) is 17.1. The smallest absolute Gasteiger partial charge is 0.246 e. The number of aromatic nitrogens is 4. The lowest BCUT2D eigenvalue weighted by Gasteiger charge is -2.19. The summed E-state index contributed by atoms with van der Waals surface area (Å²) >= 11 is 0. The Labute approximate surface area is 143 Å². The van der Waals surface area contributed by atoms with Crippen LogP contribution in [0.3, 0.4) is 0 Å². The number of ether oxygens (including phenoxy) is 2. The van der Waals surface area contributed by atoms with Crippen LogP contribution in [0.5, 0.6) is 11.5 Å². The topological polar surface area (TPSA) is 91.2 Å². The lowest BCUT2D eigenvalue weighted by molar-refractivity contribution is -0.116. The van der Waals surface area contributed by atoms with E-state index in [0.29, 0.717) is 36.2 Å². The number of anilines is 1. The molecule has 1 N–H and O–H groups in total. The largest absolute Gasteiger partial charge is 0.486 e. The highest BCUT2D eigenvalue weighted by atomic mass is 16.6. The van der Waals surface area contributed by atoms with E-state index in [1.54, 1.807) is 18.2 Å². The highest BCUT2D eigenvalue weighted by Crippen LogP contribution is 2.32. The molecule has 8 heteroatoms. The van der Waals surface area contributed by atoms with Crippen molar-refractivity contribution in [1.82, 2.24) is 20.2 Å². The van der Waals surface area contributed by atoms with Crippen molar-refractivity contribution in [2.75, 3.05) is 18.5 Å². The van der Waals surface area contributed by atoms with Crippen molar-refractivity contribution >= 4 is 11.6 Å². The van der Waals surface area contributed by atoms with Gasteiger partial charge in [-0.25, -0.2) is 4.68 Å². The summed E-state index contributed by atoms with van der Waals surface area (Å²) in [6, 6.07) is 14.8. The molecule has 126 valence electrons. The molecule has 0 fully saturated rings. The molecule has 0 saturated carbocycles. The Morgan fingerprint density at radius 2 is 1.88 bits per heavy atom. The summed E-state index contributed by atoms with van der Waals surface area (Å²) in [6.45, 7) is 1.03. The zero-order valence-electron chi connectivity index (χ0n) is 13.3. The minimum Gasteiger partial charge on any atom is -0.486 e. The molecule has 2 heterocycles. The summed E-state index contributed by atoms with van der Waals surface area (Å²) in [7, 11) is 0. The lowest BCUT2D eigenvalue weighted by Crippen LogP contribution is -2.21. The first-order chi connectivity index (χ1) is 12.3. The maximum atomic E-state index is 12.3. The van der Waals surface area contributed by atoms with E-state index < -0.39 is 0 Å². The first kappa shape index (κ1) is 15.1. The van der Waals surface area contributed by atoms with Crippen LogP contribution in [0, 0.1) is 0 Å². The maximum Gasteiger partial charge on any atom is 0.246 e. The van der Waals surface area contributed by atoms with Crippen LogP contribution in [-0.2, 0) is 11.3 Å². The van der Waals surface area contributed by atoms with Gasteiger partial charge in [-0.05, 0) is 22.6 Å². The summed E-state index contributed by atoms with van der Waals surface area (Å²) in [4.78, 5) is 12.3. The lowest BCUT2D eigenvalue weighted by atomic mass is 10.2. The Morgan fingerprint density at radius 1 is 1.08 bits per heavy atom. The van der Waals surface area contributed by atoms with Crippen LogP contribution in [0.4, 0.5) is 5.69 Å². The molecule has 2 aromatic carbocycles. The molecule has 1 aromatic heterocycles. The number of fused-ring (bicyclic) bond motifs is 1. The fraction of sp³-hybridized carbons (Fsp3) is 0.176. The number of carbonyl (C=O) groups is 1. The molecule has 25 heavy (non-hydrogen) atoms. The Kier molecular flexibility index (Phi) is 3.99. The van der Waals surface area contributed by atoms with Gasteiger partial charge in [0, 0.05) is 17.3 Å². The van der Waals surface area contributed by atoms with Crippen LogP contribution in [0.15, 0.2) is 48.5 Å². The van der Waals surface area contributed by atoms with E-state index in [4.69, 9.17) is 9.47 Å². The Bertz CT molecular complexity index is 894. The highest BCUT2D eigenvalue weighted by molar-refractivity contribution is 5.91. The van der Waals surface area contributed by atoms with E-state index in [1.165, 1.54) is 4.68 Å². The van der Waals surface area contributed by atoms with Crippen molar-refractivity contribution in [3.8, 4) is 22.9 Å². The summed E-state index contributed by atoms with van der Waals surface area (Å²) in [6.07, 6.45) is 0. The van der Waals surface area contributed by atoms with Gasteiger partial charge >= 0.3 is 0 Å². The summed E-state index contributed by atoms with van der Waals surface area (Å²) in [5.74, 6) is 1.60. The SMILES string of the molecule is O=C(Cn1nnnc1-c1ccccc1)Nc1ccc2c(c1)OCCO2. The molecule has 1 aliphatic rings. The minimum absolute atomic E-state index is 0.00562. The van der Waals surface area contributed by atoms with Crippen molar-refractivity contribution in [3.05, 3.63) is 48.5 Å². The van der Waals surface area contributed by atoms with E-state index in [1.807, 2.05) is 30.3 Å². The van der Waals surface area contributed by atoms with E-state index in [9.17, 15) is 4.79 Å². The van der Waals surface area contributed by atoms with Crippen LogP contribution in [-0.4, -0.2) is 39.3 Å². The number of nitrogens with one attached hydrogen (secondary N) is 1. The Morgan fingerprint density at radius 3 is 2.72 bits per heavy atom. The Hall–Kier alpha value is -3.42. The predicted molar refractivity (Wildman–Crippen MR) is 89.3 cm³/mol. The number of benzene rings is 2. The quantitative estimate of drug-likeness (QED) is 0.780.